The van der Waals surface area contributed by atoms with E-state index in [9.17, 15) is 19.7 Å². The molecule has 1 aromatic carbocycles. The first-order chi connectivity index (χ1) is 9.38. The van der Waals surface area contributed by atoms with Crippen LogP contribution in [0.3, 0.4) is 0 Å². The van der Waals surface area contributed by atoms with E-state index in [0.29, 0.717) is 11.3 Å². The number of aliphatic carboxylic acids is 1. The Hall–Kier alpha value is -2.64. The molecule has 0 saturated carbocycles. The number of nitrogens with zero attached hydrogens (tertiary/aromatic N) is 2. The zero-order valence-corrected chi connectivity index (χ0v) is 10.8. The summed E-state index contributed by atoms with van der Waals surface area (Å²) in [6.07, 6.45) is -0.00755. The summed E-state index contributed by atoms with van der Waals surface area (Å²) in [5.74, 6) is -1.19. The predicted molar refractivity (Wildman–Crippen MR) is 71.0 cm³/mol. The lowest BCUT2D eigenvalue weighted by molar-refractivity contribution is -0.384. The molecule has 2 N–H and O–H groups in total. The maximum absolute atomic E-state index is 11.3. The molecule has 8 nitrogen and oxygen atoms in total. The van der Waals surface area contributed by atoms with E-state index in [1.807, 2.05) is 0 Å². The highest BCUT2D eigenvalue weighted by molar-refractivity contribution is 6.00. The molecular weight excluding hydrogens is 266 g/mol. The number of hydrogen-bond donors (Lipinski definition) is 2. The minimum absolute atomic E-state index is 0.120. The molecule has 1 heterocycles. The molecule has 1 aliphatic rings. The van der Waals surface area contributed by atoms with Crippen molar-refractivity contribution in [1.82, 2.24) is 0 Å². The van der Waals surface area contributed by atoms with Crippen LogP contribution in [0.5, 0.6) is 0 Å². The zero-order chi connectivity index (χ0) is 14.9. The van der Waals surface area contributed by atoms with Crippen LogP contribution in [0.25, 0.3) is 0 Å². The standard InChI is InChI=1S/C12H13N3O5/c1-14(3-2-12(17)18)9-6-8-7(5-11(16)13-8)4-10(9)15(19)20/h4,6H,2-3,5H2,1H3,(H,13,16)(H,17,18). The number of hydrogen-bond acceptors (Lipinski definition) is 5. The summed E-state index contributed by atoms with van der Waals surface area (Å²) in [5, 5.41) is 22.4. The molecule has 0 spiro atoms. The average molecular weight is 279 g/mol. The Kier molecular flexibility index (Phi) is 3.55. The Morgan fingerprint density at radius 3 is 2.85 bits per heavy atom. The van der Waals surface area contributed by atoms with Gasteiger partial charge in [0, 0.05) is 25.3 Å². The van der Waals surface area contributed by atoms with Crippen molar-refractivity contribution in [2.45, 2.75) is 12.8 Å². The first-order valence-electron chi connectivity index (χ1n) is 5.92. The van der Waals surface area contributed by atoms with E-state index >= 15 is 0 Å². The van der Waals surface area contributed by atoms with Gasteiger partial charge >= 0.3 is 5.97 Å². The van der Waals surface area contributed by atoms with Gasteiger partial charge in [0.1, 0.15) is 5.69 Å². The Bertz CT molecular complexity index is 599. The van der Waals surface area contributed by atoms with E-state index in [4.69, 9.17) is 5.11 Å². The van der Waals surface area contributed by atoms with Crippen LogP contribution in [0.1, 0.15) is 12.0 Å². The van der Waals surface area contributed by atoms with Crippen LogP contribution in [0.4, 0.5) is 17.1 Å². The van der Waals surface area contributed by atoms with Crippen molar-refractivity contribution < 1.29 is 19.6 Å². The summed E-state index contributed by atoms with van der Waals surface area (Å²) in [4.78, 5) is 33.9. The van der Waals surface area contributed by atoms with E-state index in [1.54, 1.807) is 7.05 Å². The maximum atomic E-state index is 11.3. The molecule has 0 bridgehead atoms. The molecule has 0 unspecified atom stereocenters. The average Bonchev–Trinajstić information content (AvgIpc) is 2.73. The third-order valence-electron chi connectivity index (χ3n) is 3.09. The summed E-state index contributed by atoms with van der Waals surface area (Å²) < 4.78 is 0. The van der Waals surface area contributed by atoms with E-state index < -0.39 is 10.9 Å². The fourth-order valence-electron chi connectivity index (χ4n) is 2.09. The molecular formula is C12H13N3O5. The van der Waals surface area contributed by atoms with Crippen molar-refractivity contribution >= 4 is 28.9 Å². The summed E-state index contributed by atoms with van der Waals surface area (Å²) >= 11 is 0. The van der Waals surface area contributed by atoms with Gasteiger partial charge in [0.25, 0.3) is 5.69 Å². The lowest BCUT2D eigenvalue weighted by atomic mass is 10.1. The Morgan fingerprint density at radius 1 is 1.55 bits per heavy atom. The van der Waals surface area contributed by atoms with Gasteiger partial charge in [0.15, 0.2) is 0 Å². The number of nitro benzene ring substituents is 1. The number of amides is 1. The summed E-state index contributed by atoms with van der Waals surface area (Å²) in [7, 11) is 1.58. The number of carbonyl (C=O) groups excluding carboxylic acids is 1. The van der Waals surface area contributed by atoms with Gasteiger partial charge in [0.05, 0.1) is 17.8 Å². The normalized spacial score (nSPS) is 12.8. The molecule has 0 saturated heterocycles. The Labute approximate surface area is 114 Å². The summed E-state index contributed by atoms with van der Waals surface area (Å²) in [5.41, 5.74) is 1.28. The van der Waals surface area contributed by atoms with Crippen molar-refractivity contribution in [1.29, 1.82) is 0 Å². The SMILES string of the molecule is CN(CCC(=O)O)c1cc2c(cc1[N+](=O)[O-])CC(=O)N2. The van der Waals surface area contributed by atoms with Gasteiger partial charge in [0.2, 0.25) is 5.91 Å². The highest BCUT2D eigenvalue weighted by atomic mass is 16.6. The predicted octanol–water partition coefficient (Wildman–Crippen LogP) is 1.00. The van der Waals surface area contributed by atoms with Gasteiger partial charge in [-0.1, -0.05) is 0 Å². The largest absolute Gasteiger partial charge is 0.481 e. The van der Waals surface area contributed by atoms with Crippen molar-refractivity contribution in [2.75, 3.05) is 23.8 Å². The fraction of sp³-hybridized carbons (Fsp3) is 0.333. The van der Waals surface area contributed by atoms with Gasteiger partial charge in [-0.2, -0.15) is 0 Å². The molecule has 20 heavy (non-hydrogen) atoms. The molecule has 0 radical (unpaired) electrons. The van der Waals surface area contributed by atoms with Crippen LogP contribution in [-0.4, -0.2) is 35.5 Å². The van der Waals surface area contributed by atoms with E-state index in [0.717, 1.165) is 0 Å². The molecule has 1 amide bonds. The number of fused-ring (bicyclic) bond motifs is 1. The minimum atomic E-state index is -0.978. The monoisotopic (exact) mass is 279 g/mol. The minimum Gasteiger partial charge on any atom is -0.481 e. The molecule has 106 valence electrons. The van der Waals surface area contributed by atoms with Crippen molar-refractivity contribution in [2.24, 2.45) is 0 Å². The number of benzene rings is 1. The number of carbonyl (C=O) groups is 2. The van der Waals surface area contributed by atoms with Crippen LogP contribution in [0, 0.1) is 10.1 Å². The van der Waals surface area contributed by atoms with Crippen LogP contribution < -0.4 is 10.2 Å². The number of carboxylic acid groups (broad SMARTS) is 1. The van der Waals surface area contributed by atoms with Gasteiger partial charge in [-0.15, -0.1) is 0 Å². The third-order valence-corrected chi connectivity index (χ3v) is 3.09. The third kappa shape index (κ3) is 2.68. The first-order valence-corrected chi connectivity index (χ1v) is 5.92. The molecule has 0 fully saturated rings. The number of nitro groups is 1. The fourth-order valence-corrected chi connectivity index (χ4v) is 2.09. The number of rotatable bonds is 5. The lowest BCUT2D eigenvalue weighted by Gasteiger charge is -2.19. The number of carboxylic acids is 1. The molecule has 8 heteroatoms. The van der Waals surface area contributed by atoms with Crippen LogP contribution in [0.15, 0.2) is 12.1 Å². The van der Waals surface area contributed by atoms with Crippen LogP contribution in [0.2, 0.25) is 0 Å². The molecule has 1 aliphatic heterocycles. The van der Waals surface area contributed by atoms with Crippen LogP contribution >= 0.6 is 0 Å². The molecule has 0 atom stereocenters. The van der Waals surface area contributed by atoms with Gasteiger partial charge in [-0.3, -0.25) is 19.7 Å². The van der Waals surface area contributed by atoms with Gasteiger partial charge in [-0.25, -0.2) is 0 Å². The smallest absolute Gasteiger partial charge is 0.305 e. The van der Waals surface area contributed by atoms with Crippen molar-refractivity contribution in [3.05, 3.63) is 27.8 Å². The van der Waals surface area contributed by atoms with E-state index in [2.05, 4.69) is 5.32 Å². The Morgan fingerprint density at radius 2 is 2.25 bits per heavy atom. The van der Waals surface area contributed by atoms with Crippen LogP contribution in [-0.2, 0) is 16.0 Å². The summed E-state index contributed by atoms with van der Waals surface area (Å²) in [6, 6.07) is 2.88. The quantitative estimate of drug-likeness (QED) is 0.614. The Balaban J connectivity index is 2.36. The highest BCUT2D eigenvalue weighted by Crippen LogP contribution is 2.36. The van der Waals surface area contributed by atoms with Gasteiger partial charge in [-0.05, 0) is 11.6 Å². The maximum Gasteiger partial charge on any atom is 0.305 e. The molecule has 0 aliphatic carbocycles. The summed E-state index contributed by atoms with van der Waals surface area (Å²) in [6.45, 7) is 0.142. The highest BCUT2D eigenvalue weighted by Gasteiger charge is 2.26. The van der Waals surface area contributed by atoms with Crippen molar-refractivity contribution in [3.63, 3.8) is 0 Å². The number of nitrogens with one attached hydrogen (secondary N) is 1. The molecule has 0 aromatic heterocycles. The van der Waals surface area contributed by atoms with E-state index in [1.165, 1.54) is 17.0 Å². The zero-order valence-electron chi connectivity index (χ0n) is 10.8. The second-order valence-electron chi connectivity index (χ2n) is 4.55. The first kappa shape index (κ1) is 13.8. The molecule has 2 rings (SSSR count). The molecule has 1 aromatic rings. The number of anilines is 2. The van der Waals surface area contributed by atoms with E-state index in [-0.39, 0.29) is 36.7 Å². The van der Waals surface area contributed by atoms with Crippen molar-refractivity contribution in [3.8, 4) is 0 Å². The second-order valence-corrected chi connectivity index (χ2v) is 4.55. The lowest BCUT2D eigenvalue weighted by Crippen LogP contribution is -2.22. The topological polar surface area (TPSA) is 113 Å². The van der Waals surface area contributed by atoms with Gasteiger partial charge < -0.3 is 15.3 Å². The second kappa shape index (κ2) is 5.16.